The van der Waals surface area contributed by atoms with Gasteiger partial charge in [0, 0.05) is 7.11 Å². The van der Waals surface area contributed by atoms with Gasteiger partial charge in [0.15, 0.2) is 0 Å². The zero-order valence-corrected chi connectivity index (χ0v) is 12.1. The molecule has 1 aromatic heterocycles. The summed E-state index contributed by atoms with van der Waals surface area (Å²) in [6.45, 7) is 5.09. The van der Waals surface area contributed by atoms with Gasteiger partial charge in [0.25, 0.3) is 0 Å². The van der Waals surface area contributed by atoms with Crippen LogP contribution in [0.5, 0.6) is 0 Å². The minimum Gasteiger partial charge on any atom is -0.462 e. The van der Waals surface area contributed by atoms with Crippen molar-refractivity contribution in [1.82, 2.24) is 5.32 Å². The fourth-order valence-electron chi connectivity index (χ4n) is 2.29. The maximum Gasteiger partial charge on any atom is 0.129 e. The van der Waals surface area contributed by atoms with Crippen LogP contribution in [0.25, 0.3) is 0 Å². The molecule has 2 aromatic rings. The van der Waals surface area contributed by atoms with Gasteiger partial charge in [-0.15, -0.1) is 0 Å². The van der Waals surface area contributed by atoms with Crippen LogP contribution in [0.4, 0.5) is 4.39 Å². The van der Waals surface area contributed by atoms with Gasteiger partial charge in [-0.1, -0.05) is 13.0 Å². The second-order valence-electron chi connectivity index (χ2n) is 4.79. The molecule has 0 saturated heterocycles. The maximum absolute atomic E-state index is 13.6. The molecule has 1 atom stereocenters. The van der Waals surface area contributed by atoms with Crippen LogP contribution in [0, 0.1) is 12.7 Å². The van der Waals surface area contributed by atoms with Gasteiger partial charge in [0.2, 0.25) is 0 Å². The van der Waals surface area contributed by atoms with Gasteiger partial charge in [0.05, 0.1) is 6.04 Å². The minimum absolute atomic E-state index is 0.153. The number of halogens is 1. The zero-order chi connectivity index (χ0) is 14.5. The number of hydrogen-bond acceptors (Lipinski definition) is 3. The molecule has 0 aliphatic heterocycles. The molecule has 1 heterocycles. The summed E-state index contributed by atoms with van der Waals surface area (Å²) in [4.78, 5) is 0. The smallest absolute Gasteiger partial charge is 0.129 e. The summed E-state index contributed by atoms with van der Waals surface area (Å²) in [5.41, 5.74) is 1.76. The van der Waals surface area contributed by atoms with Crippen molar-refractivity contribution in [3.63, 3.8) is 0 Å². The van der Waals surface area contributed by atoms with Gasteiger partial charge in [-0.2, -0.15) is 0 Å². The second-order valence-corrected chi connectivity index (χ2v) is 4.79. The van der Waals surface area contributed by atoms with E-state index in [2.05, 4.69) is 5.32 Å². The Morgan fingerprint density at radius 3 is 2.75 bits per heavy atom. The average Bonchev–Trinajstić information content (AvgIpc) is 2.83. The number of methoxy groups -OCH3 is 1. The summed E-state index contributed by atoms with van der Waals surface area (Å²) in [7, 11) is 1.62. The number of benzene rings is 1. The number of nitrogens with one attached hydrogen (secondary N) is 1. The van der Waals surface area contributed by atoms with Crippen molar-refractivity contribution in [2.24, 2.45) is 0 Å². The van der Waals surface area contributed by atoms with Crippen LogP contribution < -0.4 is 5.32 Å². The topological polar surface area (TPSA) is 34.4 Å². The van der Waals surface area contributed by atoms with Gasteiger partial charge < -0.3 is 14.5 Å². The Labute approximate surface area is 118 Å². The van der Waals surface area contributed by atoms with Gasteiger partial charge in [-0.25, -0.2) is 4.39 Å². The third-order valence-electron chi connectivity index (χ3n) is 3.06. The normalized spacial score (nSPS) is 12.6. The average molecular weight is 277 g/mol. The lowest BCUT2D eigenvalue weighted by Crippen LogP contribution is -2.21. The molecule has 1 aromatic carbocycles. The zero-order valence-electron chi connectivity index (χ0n) is 12.1. The summed E-state index contributed by atoms with van der Waals surface area (Å²) in [6, 6.07) is 8.66. The van der Waals surface area contributed by atoms with Crippen molar-refractivity contribution in [3.8, 4) is 0 Å². The molecule has 0 fully saturated rings. The number of rotatable bonds is 6. The number of hydrogen-bond donors (Lipinski definition) is 1. The Morgan fingerprint density at radius 1 is 1.30 bits per heavy atom. The number of ether oxygens (including phenoxy) is 1. The molecule has 3 nitrogen and oxygen atoms in total. The first kappa shape index (κ1) is 14.8. The minimum atomic E-state index is -0.230. The fourth-order valence-corrected chi connectivity index (χ4v) is 2.29. The summed E-state index contributed by atoms with van der Waals surface area (Å²) in [6.07, 6.45) is 0. The van der Waals surface area contributed by atoms with Gasteiger partial charge in [0.1, 0.15) is 23.9 Å². The Balaban J connectivity index is 2.33. The largest absolute Gasteiger partial charge is 0.462 e. The summed E-state index contributed by atoms with van der Waals surface area (Å²) < 4.78 is 24.4. The van der Waals surface area contributed by atoms with E-state index in [1.165, 1.54) is 6.07 Å². The summed E-state index contributed by atoms with van der Waals surface area (Å²) in [5.74, 6) is 1.30. The number of furan rings is 1. The van der Waals surface area contributed by atoms with E-state index in [1.807, 2.05) is 32.0 Å². The van der Waals surface area contributed by atoms with Crippen LogP contribution in [0.15, 0.2) is 34.7 Å². The predicted molar refractivity (Wildman–Crippen MR) is 76.1 cm³/mol. The Hall–Kier alpha value is -1.65. The van der Waals surface area contributed by atoms with E-state index >= 15 is 0 Å². The van der Waals surface area contributed by atoms with Gasteiger partial charge in [-0.05, 0) is 48.9 Å². The third kappa shape index (κ3) is 3.46. The van der Waals surface area contributed by atoms with Crippen LogP contribution in [0.1, 0.15) is 35.6 Å². The molecule has 4 heteroatoms. The van der Waals surface area contributed by atoms with Crippen molar-refractivity contribution in [1.29, 1.82) is 0 Å². The molecule has 20 heavy (non-hydrogen) atoms. The lowest BCUT2D eigenvalue weighted by molar-refractivity contribution is 0.162. The van der Waals surface area contributed by atoms with E-state index in [4.69, 9.17) is 9.15 Å². The van der Waals surface area contributed by atoms with Gasteiger partial charge in [-0.3, -0.25) is 0 Å². The van der Waals surface area contributed by atoms with Crippen LogP contribution in [-0.4, -0.2) is 13.7 Å². The Kier molecular flexibility index (Phi) is 4.93. The van der Waals surface area contributed by atoms with Crippen molar-refractivity contribution in [3.05, 3.63) is 58.8 Å². The molecule has 0 bridgehead atoms. The van der Waals surface area contributed by atoms with Crippen LogP contribution in [0.2, 0.25) is 0 Å². The van der Waals surface area contributed by atoms with E-state index in [0.29, 0.717) is 6.61 Å². The first-order chi connectivity index (χ1) is 9.63. The summed E-state index contributed by atoms with van der Waals surface area (Å²) in [5, 5.41) is 3.32. The highest BCUT2D eigenvalue weighted by Crippen LogP contribution is 2.25. The first-order valence-electron chi connectivity index (χ1n) is 6.72. The lowest BCUT2D eigenvalue weighted by atomic mass is 10.0. The Morgan fingerprint density at radius 2 is 2.10 bits per heavy atom. The Bertz CT molecular complexity index is 545. The molecule has 2 rings (SSSR count). The highest BCUT2D eigenvalue weighted by atomic mass is 19.1. The molecule has 0 aliphatic rings. The van der Waals surface area contributed by atoms with Crippen molar-refractivity contribution >= 4 is 0 Å². The van der Waals surface area contributed by atoms with Crippen LogP contribution in [-0.2, 0) is 11.3 Å². The van der Waals surface area contributed by atoms with Gasteiger partial charge >= 0.3 is 0 Å². The third-order valence-corrected chi connectivity index (χ3v) is 3.06. The van der Waals surface area contributed by atoms with E-state index in [0.717, 1.165) is 29.2 Å². The highest BCUT2D eigenvalue weighted by molar-refractivity contribution is 5.31. The lowest BCUT2D eigenvalue weighted by Gasteiger charge is -2.17. The molecule has 1 N–H and O–H groups in total. The SMILES string of the molecule is CCNC(c1cc(C)cc(F)c1)c1ccc(COC)o1. The molecule has 0 radical (unpaired) electrons. The van der Waals surface area contributed by atoms with Crippen molar-refractivity contribution in [2.75, 3.05) is 13.7 Å². The van der Waals surface area contributed by atoms with Crippen LogP contribution >= 0.6 is 0 Å². The molecule has 0 saturated carbocycles. The van der Waals surface area contributed by atoms with Crippen LogP contribution in [0.3, 0.4) is 0 Å². The molecule has 0 spiro atoms. The molecule has 0 amide bonds. The quantitative estimate of drug-likeness (QED) is 0.876. The van der Waals surface area contributed by atoms with E-state index < -0.39 is 0 Å². The molecule has 1 unspecified atom stereocenters. The standard InChI is InChI=1S/C16H20FNO2/c1-4-18-16(12-7-11(2)8-13(17)9-12)15-6-5-14(20-15)10-19-3/h5-9,16,18H,4,10H2,1-3H3. The highest BCUT2D eigenvalue weighted by Gasteiger charge is 2.18. The molecule has 0 aliphatic carbocycles. The van der Waals surface area contributed by atoms with Crippen molar-refractivity contribution in [2.45, 2.75) is 26.5 Å². The van der Waals surface area contributed by atoms with E-state index in [-0.39, 0.29) is 11.9 Å². The van der Waals surface area contributed by atoms with E-state index in [9.17, 15) is 4.39 Å². The monoisotopic (exact) mass is 277 g/mol. The molecular weight excluding hydrogens is 257 g/mol. The maximum atomic E-state index is 13.6. The second kappa shape index (κ2) is 6.68. The van der Waals surface area contributed by atoms with E-state index in [1.54, 1.807) is 13.2 Å². The fraction of sp³-hybridized carbons (Fsp3) is 0.375. The molecular formula is C16H20FNO2. The first-order valence-corrected chi connectivity index (χ1v) is 6.72. The molecule has 108 valence electrons. The predicted octanol–water partition coefficient (Wildman–Crippen LogP) is 3.57. The number of aryl methyl sites for hydroxylation is 1. The van der Waals surface area contributed by atoms with Crippen molar-refractivity contribution < 1.29 is 13.5 Å². The summed E-state index contributed by atoms with van der Waals surface area (Å²) >= 11 is 0.